The fourth-order valence-electron chi connectivity index (χ4n) is 0.496. The van der Waals surface area contributed by atoms with E-state index in [2.05, 4.69) is 0 Å². The highest BCUT2D eigenvalue weighted by Crippen LogP contribution is 2.04. The summed E-state index contributed by atoms with van der Waals surface area (Å²) in [7, 11) is -3.67. The van der Waals surface area contributed by atoms with Gasteiger partial charge in [0.1, 0.15) is 0 Å². The van der Waals surface area contributed by atoms with Crippen molar-refractivity contribution in [1.82, 2.24) is 0 Å². The van der Waals surface area contributed by atoms with Gasteiger partial charge in [-0.25, -0.2) is 0 Å². The number of benzene rings is 1. The van der Waals surface area contributed by atoms with Crippen LogP contribution in [0.3, 0.4) is 0 Å². The molecule has 1 aromatic rings. The van der Waals surface area contributed by atoms with Crippen molar-refractivity contribution in [3.63, 3.8) is 0 Å². The summed E-state index contributed by atoms with van der Waals surface area (Å²) in [6.45, 7) is 0. The van der Waals surface area contributed by atoms with Crippen LogP contribution < -0.4 is 11.5 Å². The molecule has 0 heterocycles. The van der Waals surface area contributed by atoms with Crippen LogP contribution in [0.15, 0.2) is 24.3 Å². The summed E-state index contributed by atoms with van der Waals surface area (Å²) in [5, 5.41) is 7.00. The molecule has 7 N–H and O–H groups in total. The number of nitrogens with two attached hydrogens (primary N) is 2. The standard InChI is InChI=1S/C6H8N2.CH4O.H2O4S/c7-5-1-2-6(8)4-3-5;1-2;1-5(2,3)4/h1-4H,7-8H2;2H,1H3;(H2,1,2,3,4). The third kappa shape index (κ3) is 19.2. The van der Waals surface area contributed by atoms with Crippen molar-refractivity contribution < 1.29 is 22.6 Å². The van der Waals surface area contributed by atoms with E-state index < -0.39 is 10.4 Å². The molecule has 0 saturated heterocycles. The maximum atomic E-state index is 8.74. The van der Waals surface area contributed by atoms with Gasteiger partial charge in [0, 0.05) is 18.5 Å². The van der Waals surface area contributed by atoms with E-state index in [9.17, 15) is 0 Å². The van der Waals surface area contributed by atoms with Gasteiger partial charge in [-0.05, 0) is 24.3 Å². The highest BCUT2D eigenvalue weighted by atomic mass is 32.3. The minimum atomic E-state index is -4.67. The summed E-state index contributed by atoms with van der Waals surface area (Å²) >= 11 is 0. The SMILES string of the molecule is CO.Nc1ccc(N)cc1.O=S(=O)(O)O. The average molecular weight is 238 g/mol. The highest BCUT2D eigenvalue weighted by Gasteiger charge is 1.84. The molecular weight excluding hydrogens is 224 g/mol. The predicted octanol–water partition coefficient (Wildman–Crippen LogP) is -0.193. The number of rotatable bonds is 0. The Morgan fingerprint density at radius 1 is 0.933 bits per heavy atom. The molecule has 0 aliphatic rings. The second kappa shape index (κ2) is 8.00. The maximum absolute atomic E-state index is 8.74. The zero-order chi connectivity index (χ0) is 12.5. The van der Waals surface area contributed by atoms with Crippen LogP contribution in [0.5, 0.6) is 0 Å². The Labute approximate surface area is 87.9 Å². The van der Waals surface area contributed by atoms with Crippen LogP contribution in [0.2, 0.25) is 0 Å². The monoisotopic (exact) mass is 238 g/mol. The molecule has 0 spiro atoms. The first-order valence-electron chi connectivity index (χ1n) is 3.54. The Bertz CT molecular complexity index is 319. The fourth-order valence-corrected chi connectivity index (χ4v) is 0.496. The van der Waals surface area contributed by atoms with Crippen LogP contribution in [0.1, 0.15) is 0 Å². The van der Waals surface area contributed by atoms with Gasteiger partial charge in [-0.2, -0.15) is 8.42 Å². The number of aliphatic hydroxyl groups excluding tert-OH is 1. The highest BCUT2D eigenvalue weighted by molar-refractivity contribution is 7.79. The molecule has 1 rings (SSSR count). The van der Waals surface area contributed by atoms with Crippen LogP contribution in [-0.2, 0) is 10.4 Å². The first-order chi connectivity index (χ1) is 6.79. The van der Waals surface area contributed by atoms with Gasteiger partial charge in [0.15, 0.2) is 0 Å². The lowest BCUT2D eigenvalue weighted by molar-refractivity contribution is 0.381. The molecule has 0 saturated carbocycles. The van der Waals surface area contributed by atoms with Gasteiger partial charge >= 0.3 is 10.4 Å². The summed E-state index contributed by atoms with van der Waals surface area (Å²) in [6, 6.07) is 7.09. The summed E-state index contributed by atoms with van der Waals surface area (Å²) in [5.41, 5.74) is 12.2. The Hall–Kier alpha value is -1.35. The first kappa shape index (κ1) is 16.1. The molecule has 1 aromatic carbocycles. The van der Waals surface area contributed by atoms with Gasteiger partial charge in [0.05, 0.1) is 0 Å². The topological polar surface area (TPSA) is 147 Å². The minimum absolute atomic E-state index is 0.749. The summed E-state index contributed by atoms with van der Waals surface area (Å²) in [6.07, 6.45) is 0. The molecule has 0 amide bonds. The normalized spacial score (nSPS) is 9.07. The molecule has 7 nitrogen and oxygen atoms in total. The van der Waals surface area contributed by atoms with Gasteiger partial charge in [-0.15, -0.1) is 0 Å². The van der Waals surface area contributed by atoms with Crippen molar-refractivity contribution in [2.45, 2.75) is 0 Å². The molecule has 8 heteroatoms. The first-order valence-corrected chi connectivity index (χ1v) is 4.94. The molecule has 0 fully saturated rings. The summed E-state index contributed by atoms with van der Waals surface area (Å²) < 4.78 is 31.6. The fraction of sp³-hybridized carbons (Fsp3) is 0.143. The van der Waals surface area contributed by atoms with E-state index in [1.165, 1.54) is 0 Å². The lowest BCUT2D eigenvalue weighted by Crippen LogP contribution is -1.89. The summed E-state index contributed by atoms with van der Waals surface area (Å²) in [5.74, 6) is 0. The molecule has 0 aliphatic heterocycles. The van der Waals surface area contributed by atoms with E-state index in [4.69, 9.17) is 34.1 Å². The smallest absolute Gasteiger partial charge is 0.394 e. The van der Waals surface area contributed by atoms with Crippen LogP contribution in [0.25, 0.3) is 0 Å². The van der Waals surface area contributed by atoms with Gasteiger partial charge in [0.2, 0.25) is 0 Å². The quantitative estimate of drug-likeness (QED) is 0.310. The van der Waals surface area contributed by atoms with Crippen LogP contribution in [-0.4, -0.2) is 29.7 Å². The number of anilines is 2. The van der Waals surface area contributed by atoms with Crippen molar-refractivity contribution in [2.75, 3.05) is 18.6 Å². The van der Waals surface area contributed by atoms with Crippen LogP contribution in [0, 0.1) is 0 Å². The molecule has 15 heavy (non-hydrogen) atoms. The average Bonchev–Trinajstić information content (AvgIpc) is 2.11. The molecule has 0 aromatic heterocycles. The van der Waals surface area contributed by atoms with E-state index in [-0.39, 0.29) is 0 Å². The molecule has 0 radical (unpaired) electrons. The lowest BCUT2D eigenvalue weighted by atomic mass is 10.3. The van der Waals surface area contributed by atoms with Crippen molar-refractivity contribution >= 4 is 21.8 Å². The van der Waals surface area contributed by atoms with E-state index in [0.29, 0.717) is 0 Å². The van der Waals surface area contributed by atoms with Crippen LogP contribution in [0.4, 0.5) is 11.4 Å². The zero-order valence-corrected chi connectivity index (χ0v) is 8.85. The van der Waals surface area contributed by atoms with Gasteiger partial charge in [-0.3, -0.25) is 9.11 Å². The number of aliphatic hydroxyl groups is 1. The number of hydrogen-bond acceptors (Lipinski definition) is 5. The molecule has 0 bridgehead atoms. The lowest BCUT2D eigenvalue weighted by Gasteiger charge is -1.90. The Kier molecular flexibility index (Phi) is 8.58. The van der Waals surface area contributed by atoms with E-state index in [0.717, 1.165) is 18.5 Å². The maximum Gasteiger partial charge on any atom is 0.394 e. The third-order valence-electron chi connectivity index (χ3n) is 0.936. The minimum Gasteiger partial charge on any atom is -0.400 e. The Morgan fingerprint density at radius 2 is 1.07 bits per heavy atom. The Balaban J connectivity index is 0. The van der Waals surface area contributed by atoms with E-state index in [1.807, 2.05) is 0 Å². The van der Waals surface area contributed by atoms with E-state index in [1.54, 1.807) is 24.3 Å². The van der Waals surface area contributed by atoms with Crippen molar-refractivity contribution in [3.05, 3.63) is 24.3 Å². The molecule has 0 atom stereocenters. The van der Waals surface area contributed by atoms with E-state index >= 15 is 0 Å². The molecule has 0 unspecified atom stereocenters. The largest absolute Gasteiger partial charge is 0.400 e. The second-order valence-corrected chi connectivity index (χ2v) is 3.01. The molecule has 0 aliphatic carbocycles. The van der Waals surface area contributed by atoms with Crippen molar-refractivity contribution in [1.29, 1.82) is 0 Å². The van der Waals surface area contributed by atoms with Gasteiger partial charge < -0.3 is 16.6 Å². The third-order valence-corrected chi connectivity index (χ3v) is 0.936. The molecular formula is C7H14N2O5S. The molecule has 88 valence electrons. The van der Waals surface area contributed by atoms with Crippen LogP contribution >= 0.6 is 0 Å². The number of hydrogen-bond donors (Lipinski definition) is 5. The predicted molar refractivity (Wildman–Crippen MR) is 57.6 cm³/mol. The Morgan fingerprint density at radius 3 is 1.20 bits per heavy atom. The zero-order valence-electron chi connectivity index (χ0n) is 8.03. The van der Waals surface area contributed by atoms with Crippen molar-refractivity contribution in [2.24, 2.45) is 0 Å². The second-order valence-electron chi connectivity index (χ2n) is 2.11. The van der Waals surface area contributed by atoms with Gasteiger partial charge in [-0.1, -0.05) is 0 Å². The summed E-state index contributed by atoms with van der Waals surface area (Å²) in [4.78, 5) is 0. The van der Waals surface area contributed by atoms with Gasteiger partial charge in [0.25, 0.3) is 0 Å². The van der Waals surface area contributed by atoms with Crippen molar-refractivity contribution in [3.8, 4) is 0 Å². The number of nitrogen functional groups attached to an aromatic ring is 2.